The Kier molecular flexibility index (Phi) is 9.29. The van der Waals surface area contributed by atoms with Crippen molar-refractivity contribution in [3.05, 3.63) is 12.2 Å². The van der Waals surface area contributed by atoms with Gasteiger partial charge >= 0.3 is 0 Å². The molecule has 0 aromatic carbocycles. The Hall–Kier alpha value is -0.340. The smallest absolute Gasteiger partial charge is 0.245 e. The first kappa shape index (κ1) is 19.0. The van der Waals surface area contributed by atoms with E-state index < -0.39 is 0 Å². The van der Waals surface area contributed by atoms with Gasteiger partial charge in [-0.25, -0.2) is 0 Å². The molecule has 2 heterocycles. The van der Waals surface area contributed by atoms with Crippen LogP contribution in [-0.2, 0) is 9.47 Å². The molecule has 0 spiro atoms. The van der Waals surface area contributed by atoms with E-state index in [1.807, 2.05) is 0 Å². The predicted octanol–water partition coefficient (Wildman–Crippen LogP) is 6.89. The Morgan fingerprint density at radius 3 is 1.43 bits per heavy atom. The number of unbranched alkanes of at least 4 members (excludes halogenated alkanes) is 15. The summed E-state index contributed by atoms with van der Waals surface area (Å²) >= 11 is 0. The normalized spacial score (nSPS) is 25.0. The molecule has 2 heteroatoms. The molecule has 0 aromatic rings. The zero-order chi connectivity index (χ0) is 16.2. The van der Waals surface area contributed by atoms with E-state index in [9.17, 15) is 0 Å². The van der Waals surface area contributed by atoms with E-state index in [1.165, 1.54) is 103 Å². The lowest BCUT2D eigenvalue weighted by molar-refractivity contribution is -0.0263. The van der Waals surface area contributed by atoms with Crippen LogP contribution in [0.4, 0.5) is 0 Å². The van der Waals surface area contributed by atoms with Crippen LogP contribution in [0.2, 0.25) is 0 Å². The summed E-state index contributed by atoms with van der Waals surface area (Å²) in [5, 5.41) is 0. The Morgan fingerprint density at radius 2 is 1.04 bits per heavy atom. The van der Waals surface area contributed by atoms with Gasteiger partial charge < -0.3 is 9.47 Å². The molecule has 23 heavy (non-hydrogen) atoms. The first-order chi connectivity index (χ1) is 11.4. The molecular formula is C21H38O2. The highest BCUT2D eigenvalue weighted by Crippen LogP contribution is 2.57. The molecule has 0 unspecified atom stereocenters. The SMILES string of the molecule is CCCCCCCCCCCCCCCCCC=CC12OC1O2. The summed E-state index contributed by atoms with van der Waals surface area (Å²) in [7, 11) is 0. The van der Waals surface area contributed by atoms with Gasteiger partial charge in [-0.2, -0.15) is 0 Å². The van der Waals surface area contributed by atoms with Crippen molar-refractivity contribution in [3.63, 3.8) is 0 Å². The summed E-state index contributed by atoms with van der Waals surface area (Å²) in [6.45, 7) is 2.29. The minimum Gasteiger partial charge on any atom is -0.306 e. The van der Waals surface area contributed by atoms with Gasteiger partial charge in [0.05, 0.1) is 0 Å². The second kappa shape index (κ2) is 11.3. The lowest BCUT2D eigenvalue weighted by atomic mass is 10.0. The van der Waals surface area contributed by atoms with Gasteiger partial charge in [0.2, 0.25) is 12.1 Å². The van der Waals surface area contributed by atoms with Crippen molar-refractivity contribution < 1.29 is 9.47 Å². The Morgan fingerprint density at radius 1 is 0.652 bits per heavy atom. The number of fused-ring (bicyclic) bond motifs is 1. The molecular weight excluding hydrogens is 284 g/mol. The molecule has 0 atom stereocenters. The van der Waals surface area contributed by atoms with Crippen molar-refractivity contribution in [2.45, 2.75) is 122 Å². The van der Waals surface area contributed by atoms with Crippen molar-refractivity contribution >= 4 is 0 Å². The van der Waals surface area contributed by atoms with Gasteiger partial charge in [-0.15, -0.1) is 0 Å². The van der Waals surface area contributed by atoms with Gasteiger partial charge in [0, 0.05) is 0 Å². The van der Waals surface area contributed by atoms with Crippen LogP contribution >= 0.6 is 0 Å². The summed E-state index contributed by atoms with van der Waals surface area (Å²) in [6.07, 6.45) is 27.1. The van der Waals surface area contributed by atoms with Crippen LogP contribution in [0.1, 0.15) is 110 Å². The molecule has 2 rings (SSSR count). The molecule has 2 fully saturated rings. The average Bonchev–Trinajstić information content (AvgIpc) is 3.40. The first-order valence-corrected chi connectivity index (χ1v) is 10.4. The third-order valence-corrected chi connectivity index (χ3v) is 5.12. The number of hydrogen-bond donors (Lipinski definition) is 0. The van der Waals surface area contributed by atoms with E-state index in [0.29, 0.717) is 0 Å². The van der Waals surface area contributed by atoms with Crippen molar-refractivity contribution in [1.29, 1.82) is 0 Å². The summed E-state index contributed by atoms with van der Waals surface area (Å²) in [4.78, 5) is 0. The van der Waals surface area contributed by atoms with Crippen molar-refractivity contribution in [2.24, 2.45) is 0 Å². The van der Waals surface area contributed by atoms with E-state index in [4.69, 9.17) is 9.47 Å². The molecule has 2 saturated heterocycles. The third-order valence-electron chi connectivity index (χ3n) is 5.12. The fraction of sp³-hybridized carbons (Fsp3) is 0.905. The minimum atomic E-state index is -0.227. The lowest BCUT2D eigenvalue weighted by Crippen LogP contribution is -1.91. The second-order valence-electron chi connectivity index (χ2n) is 7.43. The Bertz CT molecular complexity index is 318. The van der Waals surface area contributed by atoms with Gasteiger partial charge in [-0.05, 0) is 18.9 Å². The van der Waals surface area contributed by atoms with E-state index in [0.717, 1.165) is 0 Å². The molecule has 2 aliphatic rings. The largest absolute Gasteiger partial charge is 0.306 e. The highest BCUT2D eigenvalue weighted by atomic mass is 17.0. The molecule has 0 aliphatic carbocycles. The molecule has 2 nitrogen and oxygen atoms in total. The number of allylic oxidation sites excluding steroid dienone is 1. The van der Waals surface area contributed by atoms with Crippen LogP contribution in [0.25, 0.3) is 0 Å². The zero-order valence-electron chi connectivity index (χ0n) is 15.4. The average molecular weight is 323 g/mol. The van der Waals surface area contributed by atoms with Gasteiger partial charge in [0.15, 0.2) is 0 Å². The third kappa shape index (κ3) is 8.35. The molecule has 0 aromatic heterocycles. The maximum absolute atomic E-state index is 5.21. The van der Waals surface area contributed by atoms with Crippen molar-refractivity contribution in [1.82, 2.24) is 0 Å². The number of epoxide rings is 2. The first-order valence-electron chi connectivity index (χ1n) is 10.4. The summed E-state index contributed by atoms with van der Waals surface area (Å²) in [6, 6.07) is 0. The van der Waals surface area contributed by atoms with Crippen LogP contribution in [0.3, 0.4) is 0 Å². The molecule has 2 aliphatic heterocycles. The molecule has 0 saturated carbocycles. The monoisotopic (exact) mass is 322 g/mol. The number of hydrogen-bond acceptors (Lipinski definition) is 2. The summed E-state index contributed by atoms with van der Waals surface area (Å²) < 4.78 is 10.4. The van der Waals surface area contributed by atoms with Gasteiger partial charge in [0.25, 0.3) is 0 Å². The van der Waals surface area contributed by atoms with E-state index in [1.54, 1.807) is 0 Å². The zero-order valence-corrected chi connectivity index (χ0v) is 15.4. The highest BCUT2D eigenvalue weighted by Gasteiger charge is 2.75. The molecule has 0 bridgehead atoms. The van der Waals surface area contributed by atoms with Gasteiger partial charge in [-0.3, -0.25) is 0 Å². The molecule has 0 N–H and O–H groups in total. The maximum Gasteiger partial charge on any atom is 0.245 e. The Labute approximate surface area is 144 Å². The van der Waals surface area contributed by atoms with Crippen LogP contribution < -0.4 is 0 Å². The molecule has 0 radical (unpaired) electrons. The standard InChI is InChI=1S/C21H38O2/c1-2-3-4-5-6-7-8-9-10-11-12-13-14-15-16-17-18-19-21-20(22-21)23-21/h18-20H,2-17H2,1H3. The summed E-state index contributed by atoms with van der Waals surface area (Å²) in [5.74, 6) is -0.227. The van der Waals surface area contributed by atoms with E-state index >= 15 is 0 Å². The lowest BCUT2D eigenvalue weighted by Gasteiger charge is -2.03. The van der Waals surface area contributed by atoms with Crippen LogP contribution in [0, 0.1) is 0 Å². The minimum absolute atomic E-state index is 0.125. The Balaban J connectivity index is 1.19. The summed E-state index contributed by atoms with van der Waals surface area (Å²) in [5.41, 5.74) is 0. The molecule has 0 amide bonds. The van der Waals surface area contributed by atoms with Gasteiger partial charge in [0.1, 0.15) is 0 Å². The fourth-order valence-corrected chi connectivity index (χ4v) is 3.31. The quantitative estimate of drug-likeness (QED) is 0.165. The predicted molar refractivity (Wildman–Crippen MR) is 97.4 cm³/mol. The second-order valence-corrected chi connectivity index (χ2v) is 7.43. The van der Waals surface area contributed by atoms with E-state index in [2.05, 4.69) is 19.1 Å². The number of rotatable bonds is 17. The topological polar surface area (TPSA) is 25.1 Å². The molecule has 134 valence electrons. The van der Waals surface area contributed by atoms with Crippen molar-refractivity contribution in [3.8, 4) is 0 Å². The highest BCUT2D eigenvalue weighted by molar-refractivity contribution is 5.17. The van der Waals surface area contributed by atoms with Gasteiger partial charge in [-0.1, -0.05) is 103 Å². The van der Waals surface area contributed by atoms with Crippen LogP contribution in [-0.4, -0.2) is 12.1 Å². The van der Waals surface area contributed by atoms with E-state index in [-0.39, 0.29) is 12.1 Å². The fourth-order valence-electron chi connectivity index (χ4n) is 3.31. The number of ether oxygens (including phenoxy) is 2. The maximum atomic E-state index is 5.21. The van der Waals surface area contributed by atoms with Crippen LogP contribution in [0.5, 0.6) is 0 Å². The van der Waals surface area contributed by atoms with Crippen molar-refractivity contribution in [2.75, 3.05) is 0 Å². The van der Waals surface area contributed by atoms with Crippen LogP contribution in [0.15, 0.2) is 12.2 Å².